The minimum Gasteiger partial charge on any atom is -0.400 e. The third kappa shape index (κ3) is 2.23. The summed E-state index contributed by atoms with van der Waals surface area (Å²) < 4.78 is 5.19. The number of aromatic nitrogens is 4. The predicted molar refractivity (Wildman–Crippen MR) is 78.7 cm³/mol. The molecule has 4 heterocycles. The minimum absolute atomic E-state index is 0.379. The predicted octanol–water partition coefficient (Wildman–Crippen LogP) is 0.930. The summed E-state index contributed by atoms with van der Waals surface area (Å²) in [5.74, 6) is 1.66. The number of nitrogens with zero attached hydrogens (tertiary/aromatic N) is 4. The van der Waals surface area contributed by atoms with Gasteiger partial charge >= 0.3 is 0 Å². The van der Waals surface area contributed by atoms with Gasteiger partial charge < -0.3 is 19.5 Å². The number of aliphatic hydroxyl groups excluding tert-OH is 1. The number of aromatic amines is 1. The van der Waals surface area contributed by atoms with E-state index in [9.17, 15) is 4.79 Å². The number of aldehydes is 1. The summed E-state index contributed by atoms with van der Waals surface area (Å²) >= 11 is 0. The number of carbonyl (C=O) groups excluding carboxylic acids is 1. The van der Waals surface area contributed by atoms with Crippen molar-refractivity contribution in [2.75, 3.05) is 18.6 Å². The molecule has 8 nitrogen and oxygen atoms in total. The molecule has 4 rings (SSSR count). The monoisotopic (exact) mass is 301 g/mol. The van der Waals surface area contributed by atoms with Gasteiger partial charge in [0.1, 0.15) is 23.6 Å². The van der Waals surface area contributed by atoms with Gasteiger partial charge in [0.2, 0.25) is 0 Å². The van der Waals surface area contributed by atoms with Crippen LogP contribution in [0.3, 0.4) is 0 Å². The Bertz CT molecular complexity index is 795. The first-order valence-corrected chi connectivity index (χ1v) is 6.77. The smallest absolute Gasteiger partial charge is 0.172 e. The van der Waals surface area contributed by atoms with Gasteiger partial charge in [0.15, 0.2) is 12.0 Å². The van der Waals surface area contributed by atoms with Crippen LogP contribution in [0.25, 0.3) is 11.0 Å². The number of H-pyrrole nitrogens is 1. The molecule has 0 atom stereocenters. The number of fused-ring (bicyclic) bond motifs is 2. The third-order valence-electron chi connectivity index (χ3n) is 3.60. The Morgan fingerprint density at radius 3 is 3.09 bits per heavy atom. The molecule has 0 saturated carbocycles. The first-order valence-electron chi connectivity index (χ1n) is 6.77. The van der Waals surface area contributed by atoms with Crippen LogP contribution in [0.2, 0.25) is 0 Å². The van der Waals surface area contributed by atoms with Crippen LogP contribution in [-0.2, 0) is 13.0 Å². The average molecular weight is 301 g/mol. The zero-order valence-electron chi connectivity index (χ0n) is 12.0. The minimum atomic E-state index is 0.379. The molecule has 22 heavy (non-hydrogen) atoms. The SMILES string of the molecule is CO.O=Cc1noc2c1CN(c1ncnc3[nH]ccc13)CC2. The van der Waals surface area contributed by atoms with Gasteiger partial charge in [0.05, 0.1) is 11.9 Å². The molecule has 2 N–H and O–H groups in total. The summed E-state index contributed by atoms with van der Waals surface area (Å²) in [6, 6.07) is 1.95. The van der Waals surface area contributed by atoms with Crippen LogP contribution in [0.5, 0.6) is 0 Å². The number of hydrogen-bond acceptors (Lipinski definition) is 7. The third-order valence-corrected chi connectivity index (χ3v) is 3.60. The summed E-state index contributed by atoms with van der Waals surface area (Å²) in [4.78, 5) is 24.7. The molecule has 0 unspecified atom stereocenters. The van der Waals surface area contributed by atoms with Crippen LogP contribution in [0.1, 0.15) is 21.8 Å². The second-order valence-corrected chi connectivity index (χ2v) is 4.70. The molecule has 0 aliphatic carbocycles. The molecule has 0 radical (unpaired) electrons. The van der Waals surface area contributed by atoms with Crippen LogP contribution in [0.4, 0.5) is 5.82 Å². The molecule has 0 saturated heterocycles. The highest BCUT2D eigenvalue weighted by Gasteiger charge is 2.25. The maximum absolute atomic E-state index is 11.0. The first kappa shape index (κ1) is 14.2. The van der Waals surface area contributed by atoms with Gasteiger partial charge in [-0.2, -0.15) is 0 Å². The molecule has 3 aromatic rings. The standard InChI is InChI=1S/C13H11N5O2.CH4O/c19-6-10-9-5-18(4-2-11(9)20-17-10)13-8-1-3-14-12(8)15-7-16-13;1-2/h1,3,6-7H,2,4-5H2,(H,14,15,16);2H,1H3. The van der Waals surface area contributed by atoms with Crippen molar-refractivity contribution >= 4 is 23.1 Å². The summed E-state index contributed by atoms with van der Waals surface area (Å²) in [6.45, 7) is 1.35. The highest BCUT2D eigenvalue weighted by atomic mass is 16.5. The van der Waals surface area contributed by atoms with Crippen molar-refractivity contribution < 1.29 is 14.4 Å². The van der Waals surface area contributed by atoms with Crippen LogP contribution in [0.15, 0.2) is 23.1 Å². The van der Waals surface area contributed by atoms with Gasteiger partial charge in [-0.05, 0) is 6.07 Å². The fraction of sp³-hybridized carbons (Fsp3) is 0.286. The summed E-state index contributed by atoms with van der Waals surface area (Å²) in [5.41, 5.74) is 2.04. The molecular weight excluding hydrogens is 286 g/mol. The largest absolute Gasteiger partial charge is 0.400 e. The van der Waals surface area contributed by atoms with Crippen LogP contribution in [-0.4, -0.2) is 45.2 Å². The van der Waals surface area contributed by atoms with Gasteiger partial charge in [0, 0.05) is 31.8 Å². The lowest BCUT2D eigenvalue weighted by Crippen LogP contribution is -2.31. The molecule has 0 bridgehead atoms. The number of hydrogen-bond donors (Lipinski definition) is 2. The van der Waals surface area contributed by atoms with Gasteiger partial charge in [-0.1, -0.05) is 5.16 Å². The van der Waals surface area contributed by atoms with Crippen molar-refractivity contribution in [3.05, 3.63) is 35.6 Å². The van der Waals surface area contributed by atoms with E-state index in [2.05, 4.69) is 25.0 Å². The molecule has 1 aliphatic rings. The molecule has 0 fully saturated rings. The zero-order chi connectivity index (χ0) is 15.5. The average Bonchev–Trinajstić information content (AvgIpc) is 3.22. The molecular formula is C14H15N5O3. The topological polar surface area (TPSA) is 108 Å². The molecule has 8 heteroatoms. The number of rotatable bonds is 2. The summed E-state index contributed by atoms with van der Waals surface area (Å²) in [5, 5.41) is 11.8. The van der Waals surface area contributed by atoms with Gasteiger partial charge in [-0.25, -0.2) is 9.97 Å². The van der Waals surface area contributed by atoms with Gasteiger partial charge in [-0.15, -0.1) is 0 Å². The van der Waals surface area contributed by atoms with Crippen LogP contribution in [0, 0.1) is 0 Å². The summed E-state index contributed by atoms with van der Waals surface area (Å²) in [7, 11) is 1.00. The van der Waals surface area contributed by atoms with E-state index in [1.54, 1.807) is 0 Å². The number of carbonyl (C=O) groups is 1. The molecule has 1 aliphatic heterocycles. The van der Waals surface area contributed by atoms with E-state index in [1.165, 1.54) is 6.33 Å². The van der Waals surface area contributed by atoms with Crippen LogP contribution < -0.4 is 4.90 Å². The van der Waals surface area contributed by atoms with Crippen molar-refractivity contribution in [2.24, 2.45) is 0 Å². The van der Waals surface area contributed by atoms with Crippen molar-refractivity contribution in [2.45, 2.75) is 13.0 Å². The van der Waals surface area contributed by atoms with Crippen molar-refractivity contribution in [1.29, 1.82) is 0 Å². The van der Waals surface area contributed by atoms with E-state index in [0.29, 0.717) is 18.7 Å². The van der Waals surface area contributed by atoms with E-state index in [0.717, 1.165) is 48.1 Å². The maximum atomic E-state index is 11.0. The van der Waals surface area contributed by atoms with E-state index in [-0.39, 0.29) is 0 Å². The highest BCUT2D eigenvalue weighted by Crippen LogP contribution is 2.28. The van der Waals surface area contributed by atoms with Crippen LogP contribution >= 0.6 is 0 Å². The Morgan fingerprint density at radius 1 is 1.41 bits per heavy atom. The molecule has 114 valence electrons. The van der Waals surface area contributed by atoms with Crippen molar-refractivity contribution in [1.82, 2.24) is 20.1 Å². The lowest BCUT2D eigenvalue weighted by atomic mass is 10.1. The van der Waals surface area contributed by atoms with E-state index in [4.69, 9.17) is 9.63 Å². The molecule has 0 amide bonds. The lowest BCUT2D eigenvalue weighted by Gasteiger charge is -2.27. The zero-order valence-corrected chi connectivity index (χ0v) is 12.0. The molecule has 3 aromatic heterocycles. The quantitative estimate of drug-likeness (QED) is 0.678. The van der Waals surface area contributed by atoms with E-state index < -0.39 is 0 Å². The number of aliphatic hydroxyl groups is 1. The number of nitrogens with one attached hydrogen (secondary N) is 1. The van der Waals surface area contributed by atoms with Gasteiger partial charge in [-0.3, -0.25) is 4.79 Å². The Hall–Kier alpha value is -2.74. The normalized spacial score (nSPS) is 13.5. The second kappa shape index (κ2) is 5.94. The molecule has 0 spiro atoms. The Kier molecular flexibility index (Phi) is 3.84. The maximum Gasteiger partial charge on any atom is 0.172 e. The Morgan fingerprint density at radius 2 is 2.27 bits per heavy atom. The van der Waals surface area contributed by atoms with Gasteiger partial charge in [0.25, 0.3) is 0 Å². The second-order valence-electron chi connectivity index (χ2n) is 4.70. The van der Waals surface area contributed by atoms with E-state index in [1.807, 2.05) is 12.3 Å². The van der Waals surface area contributed by atoms with Crippen molar-refractivity contribution in [3.8, 4) is 0 Å². The Balaban J connectivity index is 0.000000693. The van der Waals surface area contributed by atoms with Crippen molar-refractivity contribution in [3.63, 3.8) is 0 Å². The molecule has 0 aromatic carbocycles. The Labute approximate surface area is 125 Å². The fourth-order valence-electron chi connectivity index (χ4n) is 2.61. The number of anilines is 1. The first-order chi connectivity index (χ1) is 10.9. The highest BCUT2D eigenvalue weighted by molar-refractivity contribution is 5.87. The lowest BCUT2D eigenvalue weighted by molar-refractivity contribution is 0.111. The van der Waals surface area contributed by atoms with E-state index >= 15 is 0 Å². The fourth-order valence-corrected chi connectivity index (χ4v) is 2.61. The summed E-state index contributed by atoms with van der Waals surface area (Å²) in [6.07, 6.45) is 4.83.